The van der Waals surface area contributed by atoms with Gasteiger partial charge in [0.25, 0.3) is 0 Å². The Balaban J connectivity index is 2.05. The lowest BCUT2D eigenvalue weighted by Gasteiger charge is -2.13. The Morgan fingerprint density at radius 3 is 2.85 bits per heavy atom. The van der Waals surface area contributed by atoms with Gasteiger partial charge in [-0.05, 0) is 23.4 Å². The Hall–Kier alpha value is -1.47. The third-order valence-corrected chi connectivity index (χ3v) is 3.12. The molecule has 2 aromatic rings. The Bertz CT molecular complexity index is 570. The smallest absolute Gasteiger partial charge is 0.212 e. The number of halogens is 1. The van der Waals surface area contributed by atoms with E-state index in [-0.39, 0.29) is 0 Å². The van der Waals surface area contributed by atoms with E-state index in [1.807, 2.05) is 12.1 Å². The minimum absolute atomic E-state index is 0.310. The summed E-state index contributed by atoms with van der Waals surface area (Å²) in [5, 5.41) is 15.2. The molecule has 0 saturated carbocycles. The van der Waals surface area contributed by atoms with Crippen LogP contribution < -0.4 is 10.1 Å². The van der Waals surface area contributed by atoms with E-state index in [2.05, 4.69) is 56.6 Å². The van der Waals surface area contributed by atoms with Crippen molar-refractivity contribution in [3.05, 3.63) is 34.1 Å². The molecule has 0 aliphatic rings. The van der Waals surface area contributed by atoms with Gasteiger partial charge in [0.05, 0.1) is 7.05 Å². The van der Waals surface area contributed by atoms with Crippen molar-refractivity contribution in [3.8, 4) is 5.75 Å². The maximum absolute atomic E-state index is 5.78. The van der Waals surface area contributed by atoms with Gasteiger partial charge in [-0.1, -0.05) is 29.8 Å². The second kappa shape index (κ2) is 6.81. The predicted octanol–water partition coefficient (Wildman–Crippen LogP) is 2.05. The van der Waals surface area contributed by atoms with Crippen molar-refractivity contribution in [1.82, 2.24) is 25.5 Å². The van der Waals surface area contributed by atoms with E-state index in [0.29, 0.717) is 18.5 Å². The summed E-state index contributed by atoms with van der Waals surface area (Å²) in [5.74, 6) is 1.40. The largest absolute Gasteiger partial charge is 0.485 e. The first kappa shape index (κ1) is 14.9. The molecule has 2 rings (SSSR count). The summed E-state index contributed by atoms with van der Waals surface area (Å²) in [6.45, 7) is 5.29. The zero-order valence-corrected chi connectivity index (χ0v) is 13.4. The summed E-state index contributed by atoms with van der Waals surface area (Å²) in [6.07, 6.45) is 0. The lowest BCUT2D eigenvalue weighted by molar-refractivity contribution is 0.291. The highest BCUT2D eigenvalue weighted by Gasteiger charge is 2.08. The van der Waals surface area contributed by atoms with E-state index in [0.717, 1.165) is 22.3 Å². The first-order valence-electron chi connectivity index (χ1n) is 6.42. The Morgan fingerprint density at radius 2 is 2.20 bits per heavy atom. The zero-order valence-electron chi connectivity index (χ0n) is 11.8. The minimum Gasteiger partial charge on any atom is -0.485 e. The molecule has 0 saturated heterocycles. The molecule has 0 amide bonds. The van der Waals surface area contributed by atoms with Crippen LogP contribution in [-0.2, 0) is 20.2 Å². The number of hydrogen-bond donors (Lipinski definition) is 1. The molecule has 0 atom stereocenters. The molecule has 1 N–H and O–H groups in total. The van der Waals surface area contributed by atoms with E-state index in [4.69, 9.17) is 4.74 Å². The fraction of sp³-hybridized carbons (Fsp3) is 0.462. The summed E-state index contributed by atoms with van der Waals surface area (Å²) < 4.78 is 6.82. The second-order valence-corrected chi connectivity index (χ2v) is 5.69. The number of tetrazole rings is 1. The molecule has 20 heavy (non-hydrogen) atoms. The van der Waals surface area contributed by atoms with Crippen LogP contribution in [0.2, 0.25) is 0 Å². The van der Waals surface area contributed by atoms with Gasteiger partial charge in [-0.25, -0.2) is 0 Å². The van der Waals surface area contributed by atoms with Gasteiger partial charge in [-0.15, -0.1) is 10.2 Å². The number of hydrogen-bond acceptors (Lipinski definition) is 5. The summed E-state index contributed by atoms with van der Waals surface area (Å²) >= 11 is 3.48. The zero-order chi connectivity index (χ0) is 14.5. The van der Waals surface area contributed by atoms with E-state index in [9.17, 15) is 0 Å². The summed E-state index contributed by atoms with van der Waals surface area (Å²) in [7, 11) is 1.73. The van der Waals surface area contributed by atoms with E-state index in [1.165, 1.54) is 4.80 Å². The SMILES string of the molecule is CC(C)NCc1cc(Br)ccc1OCc1nnn(C)n1. The molecule has 6 nitrogen and oxygen atoms in total. The lowest BCUT2D eigenvalue weighted by Crippen LogP contribution is -2.22. The molecule has 0 aliphatic heterocycles. The topological polar surface area (TPSA) is 64.9 Å². The maximum Gasteiger partial charge on any atom is 0.212 e. The molecule has 7 heteroatoms. The first-order valence-corrected chi connectivity index (χ1v) is 7.21. The number of aryl methyl sites for hydroxylation is 1. The highest BCUT2D eigenvalue weighted by atomic mass is 79.9. The average molecular weight is 340 g/mol. The number of nitrogens with zero attached hydrogens (tertiary/aromatic N) is 4. The van der Waals surface area contributed by atoms with Crippen molar-refractivity contribution in [2.24, 2.45) is 7.05 Å². The monoisotopic (exact) mass is 339 g/mol. The minimum atomic E-state index is 0.310. The van der Waals surface area contributed by atoms with Crippen molar-refractivity contribution in [2.45, 2.75) is 33.0 Å². The van der Waals surface area contributed by atoms with Crippen LogP contribution in [0.25, 0.3) is 0 Å². The summed E-state index contributed by atoms with van der Waals surface area (Å²) in [5.41, 5.74) is 1.09. The lowest BCUT2D eigenvalue weighted by atomic mass is 10.2. The Labute approximate surface area is 126 Å². The molecule has 0 aliphatic carbocycles. The molecule has 0 spiro atoms. The molecule has 1 aromatic heterocycles. The van der Waals surface area contributed by atoms with Crippen LogP contribution in [0.4, 0.5) is 0 Å². The quantitative estimate of drug-likeness (QED) is 0.872. The van der Waals surface area contributed by atoms with Gasteiger partial charge in [-0.2, -0.15) is 4.80 Å². The van der Waals surface area contributed by atoms with Crippen molar-refractivity contribution in [1.29, 1.82) is 0 Å². The van der Waals surface area contributed by atoms with Gasteiger partial charge in [0, 0.05) is 22.6 Å². The normalized spacial score (nSPS) is 11.1. The summed E-state index contributed by atoms with van der Waals surface area (Å²) in [4.78, 5) is 1.42. The number of benzene rings is 1. The highest BCUT2D eigenvalue weighted by Crippen LogP contribution is 2.24. The molecule has 0 bridgehead atoms. The number of ether oxygens (including phenoxy) is 1. The van der Waals surface area contributed by atoms with E-state index in [1.54, 1.807) is 7.05 Å². The van der Waals surface area contributed by atoms with Crippen molar-refractivity contribution in [2.75, 3.05) is 0 Å². The molecular weight excluding hydrogens is 322 g/mol. The molecule has 1 heterocycles. The Morgan fingerprint density at radius 1 is 1.40 bits per heavy atom. The standard InChI is InChI=1S/C13H18BrN5O/c1-9(2)15-7-10-6-11(14)4-5-12(10)20-8-13-16-18-19(3)17-13/h4-6,9,15H,7-8H2,1-3H3. The van der Waals surface area contributed by atoms with Crippen LogP contribution in [0.3, 0.4) is 0 Å². The van der Waals surface area contributed by atoms with Gasteiger partial charge in [-0.3, -0.25) is 0 Å². The molecule has 0 unspecified atom stereocenters. The van der Waals surface area contributed by atoms with Crippen LogP contribution in [0.15, 0.2) is 22.7 Å². The van der Waals surface area contributed by atoms with Crippen LogP contribution >= 0.6 is 15.9 Å². The fourth-order valence-electron chi connectivity index (χ4n) is 1.66. The van der Waals surface area contributed by atoms with Crippen molar-refractivity contribution < 1.29 is 4.74 Å². The van der Waals surface area contributed by atoms with Gasteiger partial charge < -0.3 is 10.1 Å². The molecule has 1 aromatic carbocycles. The van der Waals surface area contributed by atoms with Crippen LogP contribution in [0.1, 0.15) is 25.2 Å². The van der Waals surface area contributed by atoms with Crippen LogP contribution in [-0.4, -0.2) is 26.2 Å². The van der Waals surface area contributed by atoms with Gasteiger partial charge in [0.1, 0.15) is 5.75 Å². The Kier molecular flexibility index (Phi) is 5.08. The highest BCUT2D eigenvalue weighted by molar-refractivity contribution is 9.10. The maximum atomic E-state index is 5.78. The average Bonchev–Trinajstić information content (AvgIpc) is 2.81. The molecule has 0 fully saturated rings. The van der Waals surface area contributed by atoms with Gasteiger partial charge >= 0.3 is 0 Å². The van der Waals surface area contributed by atoms with Crippen LogP contribution in [0.5, 0.6) is 5.75 Å². The van der Waals surface area contributed by atoms with Crippen molar-refractivity contribution >= 4 is 15.9 Å². The first-order chi connectivity index (χ1) is 9.54. The summed E-state index contributed by atoms with van der Waals surface area (Å²) in [6, 6.07) is 6.37. The van der Waals surface area contributed by atoms with E-state index < -0.39 is 0 Å². The molecule has 108 valence electrons. The predicted molar refractivity (Wildman–Crippen MR) is 79.2 cm³/mol. The van der Waals surface area contributed by atoms with E-state index >= 15 is 0 Å². The third-order valence-electron chi connectivity index (χ3n) is 2.63. The van der Waals surface area contributed by atoms with Crippen LogP contribution in [0, 0.1) is 0 Å². The second-order valence-electron chi connectivity index (χ2n) is 4.77. The third kappa shape index (κ3) is 4.28. The fourth-order valence-corrected chi connectivity index (χ4v) is 2.07. The number of rotatable bonds is 6. The molecular formula is C13H18BrN5O. The van der Waals surface area contributed by atoms with Crippen molar-refractivity contribution in [3.63, 3.8) is 0 Å². The van der Waals surface area contributed by atoms with Gasteiger partial charge in [0.2, 0.25) is 5.82 Å². The number of nitrogens with one attached hydrogen (secondary N) is 1. The van der Waals surface area contributed by atoms with Gasteiger partial charge in [0.15, 0.2) is 6.61 Å². The number of aromatic nitrogens is 4. The molecule has 0 radical (unpaired) electrons.